The van der Waals surface area contributed by atoms with Gasteiger partial charge in [0.2, 0.25) is 0 Å². The number of aliphatic hydroxyl groups excluding tert-OH is 1. The Bertz CT molecular complexity index is 1500. The van der Waals surface area contributed by atoms with Crippen molar-refractivity contribution in [3.63, 3.8) is 0 Å². The highest BCUT2D eigenvalue weighted by molar-refractivity contribution is 6.69. The summed E-state index contributed by atoms with van der Waals surface area (Å²) < 4.78 is 16.5. The van der Waals surface area contributed by atoms with E-state index in [0.717, 1.165) is 16.8 Å². The van der Waals surface area contributed by atoms with Gasteiger partial charge in [0, 0.05) is 55.7 Å². The Morgan fingerprint density at radius 1 is 1.16 bits per heavy atom. The summed E-state index contributed by atoms with van der Waals surface area (Å²) in [5, 5.41) is 24.5. The number of benzene rings is 1. The Morgan fingerprint density at radius 2 is 1.95 bits per heavy atom. The molecule has 1 atom stereocenters. The predicted molar refractivity (Wildman–Crippen MR) is 167 cm³/mol. The summed E-state index contributed by atoms with van der Waals surface area (Å²) in [4.78, 5) is 20.9. The van der Waals surface area contributed by atoms with Crippen LogP contribution in [0.4, 0.5) is 5.82 Å². The van der Waals surface area contributed by atoms with Gasteiger partial charge in [-0.2, -0.15) is 4.98 Å². The van der Waals surface area contributed by atoms with Gasteiger partial charge in [0.25, 0.3) is 0 Å². The van der Waals surface area contributed by atoms with Crippen molar-refractivity contribution >= 4 is 39.9 Å². The number of ether oxygens (including phenoxy) is 3. The van der Waals surface area contributed by atoms with Crippen LogP contribution in [-0.4, -0.2) is 83.9 Å². The SMILES string of the molecule is CNC[C@@H](O)COc1ccc(Cl)c(-c2nc(/C(NC)=C(\C)C(=N)Cl)c(C)c(N3Cc4cnc(OCCOC)nc4C3)n2)c1. The van der Waals surface area contributed by atoms with Crippen LogP contribution in [0.5, 0.6) is 11.8 Å². The molecule has 1 aromatic carbocycles. The monoisotopic (exact) mass is 630 g/mol. The molecule has 3 aromatic rings. The maximum Gasteiger partial charge on any atom is 0.316 e. The van der Waals surface area contributed by atoms with Crippen LogP contribution >= 0.6 is 23.2 Å². The van der Waals surface area contributed by atoms with Crippen LogP contribution in [0, 0.1) is 12.3 Å². The second kappa shape index (κ2) is 14.8. The lowest BCUT2D eigenvalue weighted by atomic mass is 10.1. The quantitative estimate of drug-likeness (QED) is 0.153. The molecule has 0 saturated carbocycles. The van der Waals surface area contributed by atoms with Crippen molar-refractivity contribution in [3.05, 3.63) is 57.5 Å². The normalized spacial score (nSPS) is 13.8. The Labute approximate surface area is 260 Å². The molecule has 230 valence electrons. The summed E-state index contributed by atoms with van der Waals surface area (Å²) in [6.07, 6.45) is 1.09. The Kier molecular flexibility index (Phi) is 11.1. The van der Waals surface area contributed by atoms with Crippen LogP contribution in [0.1, 0.15) is 29.4 Å². The summed E-state index contributed by atoms with van der Waals surface area (Å²) in [7, 11) is 5.12. The Hall–Kier alpha value is -3.55. The van der Waals surface area contributed by atoms with Gasteiger partial charge in [0.05, 0.1) is 35.3 Å². The van der Waals surface area contributed by atoms with Gasteiger partial charge in [-0.25, -0.2) is 15.0 Å². The minimum Gasteiger partial charge on any atom is -0.491 e. The number of likely N-dealkylation sites (N-methyl/N-ethyl adjacent to an activating group) is 1. The molecule has 0 saturated heterocycles. The van der Waals surface area contributed by atoms with E-state index >= 15 is 0 Å². The fourth-order valence-electron chi connectivity index (χ4n) is 4.59. The number of allylic oxidation sites excluding steroid dienone is 1. The van der Waals surface area contributed by atoms with Crippen LogP contribution < -0.4 is 25.0 Å². The molecule has 14 heteroatoms. The van der Waals surface area contributed by atoms with Crippen molar-refractivity contribution in [2.24, 2.45) is 0 Å². The van der Waals surface area contributed by atoms with E-state index < -0.39 is 6.10 Å². The van der Waals surface area contributed by atoms with Crippen molar-refractivity contribution in [3.8, 4) is 23.1 Å². The summed E-state index contributed by atoms with van der Waals surface area (Å²) in [6, 6.07) is 5.48. The van der Waals surface area contributed by atoms with E-state index in [2.05, 4.69) is 25.5 Å². The summed E-state index contributed by atoms with van der Waals surface area (Å²) in [5.74, 6) is 1.53. The summed E-state index contributed by atoms with van der Waals surface area (Å²) in [6.45, 7) is 5.95. The van der Waals surface area contributed by atoms with Crippen molar-refractivity contribution in [2.45, 2.75) is 33.0 Å². The molecule has 2 aromatic heterocycles. The first-order chi connectivity index (χ1) is 20.7. The average Bonchev–Trinajstić information content (AvgIpc) is 3.41. The number of anilines is 1. The summed E-state index contributed by atoms with van der Waals surface area (Å²) in [5.41, 5.74) is 4.80. The van der Waals surface area contributed by atoms with Crippen LogP contribution in [0.3, 0.4) is 0 Å². The molecule has 43 heavy (non-hydrogen) atoms. The third kappa shape index (κ3) is 7.70. The van der Waals surface area contributed by atoms with Gasteiger partial charge in [-0.1, -0.05) is 23.2 Å². The Balaban J connectivity index is 1.78. The molecular weight excluding hydrogens is 595 g/mol. The van der Waals surface area contributed by atoms with Crippen molar-refractivity contribution in [2.75, 3.05) is 52.5 Å². The molecule has 0 bridgehead atoms. The van der Waals surface area contributed by atoms with Gasteiger partial charge >= 0.3 is 6.01 Å². The van der Waals surface area contributed by atoms with Gasteiger partial charge in [-0.3, -0.25) is 5.41 Å². The minimum atomic E-state index is -0.680. The number of nitrogens with zero attached hydrogens (tertiary/aromatic N) is 5. The molecule has 0 aliphatic carbocycles. The van der Waals surface area contributed by atoms with Crippen LogP contribution in [0.15, 0.2) is 30.0 Å². The molecule has 1 aliphatic rings. The van der Waals surface area contributed by atoms with E-state index in [1.54, 1.807) is 52.5 Å². The number of fused-ring (bicyclic) bond motifs is 1. The van der Waals surface area contributed by atoms with E-state index in [-0.39, 0.29) is 11.8 Å². The molecule has 3 heterocycles. The zero-order chi connectivity index (χ0) is 31.1. The average molecular weight is 632 g/mol. The third-order valence-electron chi connectivity index (χ3n) is 6.82. The number of hydrogen-bond donors (Lipinski definition) is 4. The second-order valence-electron chi connectivity index (χ2n) is 9.89. The maximum atomic E-state index is 10.1. The highest BCUT2D eigenvalue weighted by Gasteiger charge is 2.28. The van der Waals surface area contributed by atoms with E-state index in [4.69, 9.17) is 52.8 Å². The molecule has 1 aliphatic heterocycles. The molecule has 12 nitrogen and oxygen atoms in total. The first-order valence-electron chi connectivity index (χ1n) is 13.7. The molecular formula is C29H36Cl2N8O4. The van der Waals surface area contributed by atoms with E-state index in [1.165, 1.54) is 0 Å². The lowest BCUT2D eigenvalue weighted by Gasteiger charge is -2.23. The zero-order valence-corrected chi connectivity index (χ0v) is 26.3. The molecule has 0 amide bonds. The highest BCUT2D eigenvalue weighted by atomic mass is 35.5. The number of hydrogen-bond acceptors (Lipinski definition) is 12. The number of rotatable bonds is 14. The first-order valence-corrected chi connectivity index (χ1v) is 14.4. The number of halogens is 2. The highest BCUT2D eigenvalue weighted by Crippen LogP contribution is 2.36. The van der Waals surface area contributed by atoms with Gasteiger partial charge in [-0.15, -0.1) is 0 Å². The summed E-state index contributed by atoms with van der Waals surface area (Å²) >= 11 is 12.8. The third-order valence-corrected chi connectivity index (χ3v) is 7.44. The smallest absolute Gasteiger partial charge is 0.316 e. The van der Waals surface area contributed by atoms with Crippen LogP contribution in [0.2, 0.25) is 5.02 Å². The fraction of sp³-hybridized carbons (Fsp3) is 0.414. The first kappa shape index (κ1) is 32.4. The van der Waals surface area contributed by atoms with Crippen LogP contribution in [-0.2, 0) is 17.8 Å². The van der Waals surface area contributed by atoms with Gasteiger partial charge in [0.1, 0.15) is 36.1 Å². The standard InChI is InChI=1S/C29H36Cl2N8O4/c1-16(26(31)32)24(34-4)25-17(2)28(39-13-18-11-35-29(36-23(18)14-39)42-9-8-41-5)38-27(37-25)21-10-20(6-7-22(21)30)43-15-19(40)12-33-3/h6-7,10-11,19,32-34,40H,8-9,12-15H2,1-5H3/b24-16-,32-26?/t19-/m1/s1. The maximum absolute atomic E-state index is 10.1. The Morgan fingerprint density at radius 3 is 2.65 bits per heavy atom. The molecule has 4 rings (SSSR count). The minimum absolute atomic E-state index is 0.0983. The van der Waals surface area contributed by atoms with E-state index in [1.807, 2.05) is 6.92 Å². The largest absolute Gasteiger partial charge is 0.491 e. The van der Waals surface area contributed by atoms with Crippen molar-refractivity contribution in [1.82, 2.24) is 30.6 Å². The van der Waals surface area contributed by atoms with Crippen molar-refractivity contribution in [1.29, 1.82) is 5.41 Å². The fourth-order valence-corrected chi connectivity index (χ4v) is 4.89. The number of aromatic nitrogens is 4. The topological polar surface area (TPSA) is 151 Å². The number of methoxy groups -OCH3 is 1. The van der Waals surface area contributed by atoms with E-state index in [9.17, 15) is 5.11 Å². The number of nitrogens with one attached hydrogen (secondary N) is 3. The molecule has 0 fully saturated rings. The molecule has 0 spiro atoms. The van der Waals surface area contributed by atoms with Gasteiger partial charge < -0.3 is 34.9 Å². The lowest BCUT2D eigenvalue weighted by Crippen LogP contribution is -2.29. The van der Waals surface area contributed by atoms with Crippen LogP contribution in [0.25, 0.3) is 17.1 Å². The molecule has 0 unspecified atom stereocenters. The predicted octanol–water partition coefficient (Wildman–Crippen LogP) is 3.57. The lowest BCUT2D eigenvalue weighted by molar-refractivity contribution is 0.108. The molecule has 0 radical (unpaired) electrons. The molecule has 4 N–H and O–H groups in total. The van der Waals surface area contributed by atoms with E-state index in [0.29, 0.717) is 83.8 Å². The number of aliphatic hydroxyl groups is 1. The van der Waals surface area contributed by atoms with Gasteiger partial charge in [0.15, 0.2) is 5.82 Å². The zero-order valence-electron chi connectivity index (χ0n) is 24.8. The van der Waals surface area contributed by atoms with Crippen molar-refractivity contribution < 1.29 is 19.3 Å². The van der Waals surface area contributed by atoms with Gasteiger partial charge in [-0.05, 0) is 39.1 Å². The second-order valence-corrected chi connectivity index (χ2v) is 10.7.